The number of nitrogens with zero attached hydrogens (tertiary/aromatic N) is 2. The number of pyridine rings is 1. The third-order valence-corrected chi connectivity index (χ3v) is 3.97. The molecule has 0 bridgehead atoms. The number of carbonyl (C=O) groups is 1. The van der Waals surface area contributed by atoms with Gasteiger partial charge in [-0.15, -0.1) is 0 Å². The van der Waals surface area contributed by atoms with Gasteiger partial charge in [0.25, 0.3) is 5.91 Å². The van der Waals surface area contributed by atoms with Crippen molar-refractivity contribution in [2.75, 3.05) is 25.0 Å². The molecule has 1 aliphatic rings. The highest BCUT2D eigenvalue weighted by Gasteiger charge is 2.20. The number of aryl methyl sites for hydroxylation is 1. The summed E-state index contributed by atoms with van der Waals surface area (Å²) in [6, 6.07) is 9.50. The third kappa shape index (κ3) is 3.82. The fourth-order valence-corrected chi connectivity index (χ4v) is 2.63. The second-order valence-corrected chi connectivity index (χ2v) is 5.70. The molecule has 128 valence electrons. The maximum Gasteiger partial charge on any atom is 0.274 e. The van der Waals surface area contributed by atoms with Crippen molar-refractivity contribution >= 4 is 11.6 Å². The molecule has 0 radical (unpaired) electrons. The molecule has 6 nitrogen and oxygen atoms in total. The van der Waals surface area contributed by atoms with E-state index in [1.54, 1.807) is 19.1 Å². The average molecular weight is 340 g/mol. The zero-order valence-electron chi connectivity index (χ0n) is 13.7. The third-order valence-electron chi connectivity index (χ3n) is 3.97. The SMILES string of the molecule is Cc1nc(C(=O)Nc2ccc([C@H]3CNCCO3)c(F)c2)ccc1C#N. The maximum absolute atomic E-state index is 14.3. The van der Waals surface area contributed by atoms with E-state index in [2.05, 4.69) is 15.6 Å². The van der Waals surface area contributed by atoms with Crippen LogP contribution in [-0.4, -0.2) is 30.6 Å². The van der Waals surface area contributed by atoms with E-state index in [9.17, 15) is 9.18 Å². The summed E-state index contributed by atoms with van der Waals surface area (Å²) >= 11 is 0. The molecule has 1 aliphatic heterocycles. The summed E-state index contributed by atoms with van der Waals surface area (Å²) in [5.74, 6) is -0.897. The van der Waals surface area contributed by atoms with Crippen LogP contribution in [0.3, 0.4) is 0 Å². The molecule has 1 atom stereocenters. The van der Waals surface area contributed by atoms with E-state index in [0.717, 1.165) is 6.54 Å². The van der Waals surface area contributed by atoms with E-state index in [1.165, 1.54) is 18.2 Å². The Morgan fingerprint density at radius 3 is 2.92 bits per heavy atom. The number of rotatable bonds is 3. The lowest BCUT2D eigenvalue weighted by molar-refractivity contribution is 0.0255. The molecule has 1 fully saturated rings. The number of anilines is 1. The Bertz CT molecular complexity index is 841. The van der Waals surface area contributed by atoms with Gasteiger partial charge in [-0.05, 0) is 31.2 Å². The van der Waals surface area contributed by atoms with Crippen LogP contribution in [0.4, 0.5) is 10.1 Å². The van der Waals surface area contributed by atoms with Gasteiger partial charge in [-0.25, -0.2) is 9.37 Å². The Labute approximate surface area is 144 Å². The molecule has 7 heteroatoms. The molecule has 1 amide bonds. The first-order valence-corrected chi connectivity index (χ1v) is 7.89. The molecule has 0 saturated carbocycles. The number of hydrogen-bond donors (Lipinski definition) is 2. The fourth-order valence-electron chi connectivity index (χ4n) is 2.63. The largest absolute Gasteiger partial charge is 0.371 e. The van der Waals surface area contributed by atoms with Crippen molar-refractivity contribution in [3.8, 4) is 6.07 Å². The average Bonchev–Trinajstić information content (AvgIpc) is 2.62. The lowest BCUT2D eigenvalue weighted by atomic mass is 10.1. The van der Waals surface area contributed by atoms with Crippen molar-refractivity contribution < 1.29 is 13.9 Å². The van der Waals surface area contributed by atoms with Gasteiger partial charge in [-0.3, -0.25) is 4.79 Å². The minimum atomic E-state index is -0.463. The van der Waals surface area contributed by atoms with Crippen molar-refractivity contribution in [2.24, 2.45) is 0 Å². The van der Waals surface area contributed by atoms with Crippen LogP contribution in [0.2, 0.25) is 0 Å². The molecule has 2 N–H and O–H groups in total. The van der Waals surface area contributed by atoms with Crippen molar-refractivity contribution in [2.45, 2.75) is 13.0 Å². The number of morpholine rings is 1. The van der Waals surface area contributed by atoms with E-state index in [-0.39, 0.29) is 11.8 Å². The van der Waals surface area contributed by atoms with Crippen LogP contribution in [0.25, 0.3) is 0 Å². The summed E-state index contributed by atoms with van der Waals surface area (Å²) in [7, 11) is 0. The van der Waals surface area contributed by atoms with Crippen LogP contribution < -0.4 is 10.6 Å². The smallest absolute Gasteiger partial charge is 0.274 e. The number of benzene rings is 1. The highest BCUT2D eigenvalue weighted by molar-refractivity contribution is 6.02. The monoisotopic (exact) mass is 340 g/mol. The van der Waals surface area contributed by atoms with Crippen LogP contribution in [0.5, 0.6) is 0 Å². The Kier molecular flexibility index (Phi) is 5.03. The molecular formula is C18H17FN4O2. The minimum Gasteiger partial charge on any atom is -0.371 e. The number of amides is 1. The van der Waals surface area contributed by atoms with Crippen LogP contribution in [0.15, 0.2) is 30.3 Å². The fraction of sp³-hybridized carbons (Fsp3) is 0.278. The standard InChI is InChI=1S/C18H17FN4O2/c1-11-12(9-20)2-5-16(22-11)18(24)23-13-3-4-14(15(19)8-13)17-10-21-6-7-25-17/h2-5,8,17,21H,6-7,10H2,1H3,(H,23,24)/t17-/m1/s1. The van der Waals surface area contributed by atoms with Gasteiger partial charge < -0.3 is 15.4 Å². The van der Waals surface area contributed by atoms with Crippen molar-refractivity contribution in [3.63, 3.8) is 0 Å². The molecule has 1 aromatic carbocycles. The predicted octanol–water partition coefficient (Wildman–Crippen LogP) is 2.31. The van der Waals surface area contributed by atoms with Gasteiger partial charge in [0.1, 0.15) is 17.6 Å². The van der Waals surface area contributed by atoms with Gasteiger partial charge in [0.2, 0.25) is 0 Å². The zero-order valence-corrected chi connectivity index (χ0v) is 13.7. The number of ether oxygens (including phenoxy) is 1. The van der Waals surface area contributed by atoms with E-state index in [4.69, 9.17) is 10.00 Å². The van der Waals surface area contributed by atoms with Gasteiger partial charge in [0, 0.05) is 24.3 Å². The lowest BCUT2D eigenvalue weighted by Crippen LogP contribution is -2.33. The number of hydrogen-bond acceptors (Lipinski definition) is 5. The highest BCUT2D eigenvalue weighted by atomic mass is 19.1. The normalized spacial score (nSPS) is 16.9. The second-order valence-electron chi connectivity index (χ2n) is 5.70. The highest BCUT2D eigenvalue weighted by Crippen LogP contribution is 2.24. The summed E-state index contributed by atoms with van der Waals surface area (Å²) in [5, 5.41) is 14.7. The molecule has 2 aromatic rings. The number of carbonyl (C=O) groups excluding carboxylic acids is 1. The van der Waals surface area contributed by atoms with E-state index >= 15 is 0 Å². The van der Waals surface area contributed by atoms with Gasteiger partial charge >= 0.3 is 0 Å². The Morgan fingerprint density at radius 2 is 2.28 bits per heavy atom. The second kappa shape index (κ2) is 7.38. The van der Waals surface area contributed by atoms with Crippen molar-refractivity contribution in [1.29, 1.82) is 5.26 Å². The van der Waals surface area contributed by atoms with Crippen molar-refractivity contribution in [1.82, 2.24) is 10.3 Å². The predicted molar refractivity (Wildman–Crippen MR) is 89.6 cm³/mol. The minimum absolute atomic E-state index is 0.167. The molecule has 1 aromatic heterocycles. The summed E-state index contributed by atoms with van der Waals surface area (Å²) in [4.78, 5) is 16.3. The molecule has 25 heavy (non-hydrogen) atoms. The Hall–Kier alpha value is -2.82. The summed E-state index contributed by atoms with van der Waals surface area (Å²) in [6.07, 6.45) is -0.332. The Morgan fingerprint density at radius 1 is 1.44 bits per heavy atom. The van der Waals surface area contributed by atoms with Gasteiger partial charge in [0.05, 0.1) is 24.0 Å². The quantitative estimate of drug-likeness (QED) is 0.895. The molecule has 2 heterocycles. The Balaban J connectivity index is 1.74. The summed E-state index contributed by atoms with van der Waals surface area (Å²) in [5.41, 5.74) is 1.84. The first kappa shape index (κ1) is 17.0. The molecule has 0 aliphatic carbocycles. The van der Waals surface area contributed by atoms with Crippen molar-refractivity contribution in [3.05, 3.63) is 58.7 Å². The first-order chi connectivity index (χ1) is 12.1. The molecule has 0 spiro atoms. The van der Waals surface area contributed by atoms with Crippen LogP contribution in [0, 0.1) is 24.1 Å². The van der Waals surface area contributed by atoms with E-state index in [1.807, 2.05) is 6.07 Å². The number of nitrogens with one attached hydrogen (secondary N) is 2. The van der Waals surface area contributed by atoms with E-state index in [0.29, 0.717) is 35.7 Å². The van der Waals surface area contributed by atoms with Gasteiger partial charge in [-0.2, -0.15) is 5.26 Å². The summed E-state index contributed by atoms with van der Waals surface area (Å²) < 4.78 is 19.9. The maximum atomic E-state index is 14.3. The van der Waals surface area contributed by atoms with Crippen LogP contribution in [-0.2, 0) is 4.74 Å². The first-order valence-electron chi connectivity index (χ1n) is 7.89. The number of nitriles is 1. The van der Waals surface area contributed by atoms with Crippen LogP contribution >= 0.6 is 0 Å². The van der Waals surface area contributed by atoms with Gasteiger partial charge in [-0.1, -0.05) is 6.07 Å². The zero-order chi connectivity index (χ0) is 17.8. The molecule has 1 saturated heterocycles. The van der Waals surface area contributed by atoms with E-state index < -0.39 is 11.7 Å². The topological polar surface area (TPSA) is 87.0 Å². The molecule has 3 rings (SSSR count). The summed E-state index contributed by atoms with van der Waals surface area (Å²) in [6.45, 7) is 3.49. The molecule has 0 unspecified atom stereocenters. The molecular weight excluding hydrogens is 323 g/mol. The number of halogens is 1. The van der Waals surface area contributed by atoms with Gasteiger partial charge in [0.15, 0.2) is 0 Å². The number of aromatic nitrogens is 1. The lowest BCUT2D eigenvalue weighted by Gasteiger charge is -2.24. The van der Waals surface area contributed by atoms with Crippen LogP contribution in [0.1, 0.15) is 33.4 Å².